The summed E-state index contributed by atoms with van der Waals surface area (Å²) in [6.45, 7) is 4.80. The summed E-state index contributed by atoms with van der Waals surface area (Å²) in [6, 6.07) is 12.8. The van der Waals surface area contributed by atoms with E-state index < -0.39 is 0 Å². The summed E-state index contributed by atoms with van der Waals surface area (Å²) in [4.78, 5) is 0. The highest BCUT2D eigenvalue weighted by atomic mass is 35.5. The van der Waals surface area contributed by atoms with Crippen LogP contribution in [0.15, 0.2) is 42.5 Å². The van der Waals surface area contributed by atoms with Gasteiger partial charge in [-0.05, 0) is 49.2 Å². The number of hydrogen-bond acceptors (Lipinski definition) is 1. The number of benzene rings is 2. The van der Waals surface area contributed by atoms with Crippen LogP contribution in [0.5, 0.6) is 0 Å². The molecule has 0 radical (unpaired) electrons. The molecule has 2 aromatic carbocycles. The molecular weight excluding hydrogens is 273 g/mol. The van der Waals surface area contributed by atoms with Gasteiger partial charge in [0.25, 0.3) is 0 Å². The monoisotopic (exact) mass is 291 g/mol. The molecule has 2 aromatic rings. The third kappa shape index (κ3) is 3.59. The van der Waals surface area contributed by atoms with Gasteiger partial charge in [0, 0.05) is 10.6 Å². The Hall–Kier alpha value is -1.38. The number of nitrogens with one attached hydrogen (secondary N) is 1. The van der Waals surface area contributed by atoms with E-state index in [1.165, 1.54) is 0 Å². The van der Waals surface area contributed by atoms with Crippen LogP contribution in [0.1, 0.15) is 36.1 Å². The van der Waals surface area contributed by atoms with Crippen molar-refractivity contribution in [1.82, 2.24) is 5.32 Å². The minimum atomic E-state index is -0.182. The minimum absolute atomic E-state index is 0.172. The molecule has 2 rings (SSSR count). The van der Waals surface area contributed by atoms with Gasteiger partial charge in [0.1, 0.15) is 5.82 Å². The van der Waals surface area contributed by atoms with Crippen LogP contribution in [0, 0.1) is 12.7 Å². The van der Waals surface area contributed by atoms with Gasteiger partial charge in [-0.25, -0.2) is 4.39 Å². The number of rotatable bonds is 5. The summed E-state index contributed by atoms with van der Waals surface area (Å²) in [6.07, 6.45) is 0.991. The molecule has 1 nitrogen and oxygen atoms in total. The first-order valence-electron chi connectivity index (χ1n) is 6.86. The average Bonchev–Trinajstić information content (AvgIpc) is 2.41. The van der Waals surface area contributed by atoms with Crippen molar-refractivity contribution in [3.63, 3.8) is 0 Å². The molecule has 106 valence electrons. The Balaban J connectivity index is 2.41. The van der Waals surface area contributed by atoms with Crippen LogP contribution in [0.25, 0.3) is 0 Å². The van der Waals surface area contributed by atoms with Gasteiger partial charge >= 0.3 is 0 Å². The predicted molar refractivity (Wildman–Crippen MR) is 82.7 cm³/mol. The van der Waals surface area contributed by atoms with E-state index in [0.717, 1.165) is 24.1 Å². The zero-order valence-electron chi connectivity index (χ0n) is 11.8. The molecule has 1 unspecified atom stereocenters. The molecule has 0 bridgehead atoms. The SMILES string of the molecule is CCCNC(c1cccc(Cl)c1)c1ccc(C)cc1F. The topological polar surface area (TPSA) is 12.0 Å². The van der Waals surface area contributed by atoms with Crippen molar-refractivity contribution in [2.24, 2.45) is 0 Å². The van der Waals surface area contributed by atoms with E-state index in [-0.39, 0.29) is 11.9 Å². The van der Waals surface area contributed by atoms with Crippen LogP contribution >= 0.6 is 11.6 Å². The molecule has 0 fully saturated rings. The van der Waals surface area contributed by atoms with Gasteiger partial charge < -0.3 is 5.32 Å². The molecule has 0 saturated carbocycles. The Bertz CT molecular complexity index is 583. The van der Waals surface area contributed by atoms with Gasteiger partial charge in [-0.2, -0.15) is 0 Å². The molecule has 0 amide bonds. The molecule has 0 aliphatic rings. The fourth-order valence-corrected chi connectivity index (χ4v) is 2.45. The zero-order chi connectivity index (χ0) is 14.5. The second-order valence-electron chi connectivity index (χ2n) is 4.97. The zero-order valence-corrected chi connectivity index (χ0v) is 12.5. The number of hydrogen-bond donors (Lipinski definition) is 1. The highest BCUT2D eigenvalue weighted by Crippen LogP contribution is 2.27. The second-order valence-corrected chi connectivity index (χ2v) is 5.40. The Morgan fingerprint density at radius 2 is 2.00 bits per heavy atom. The van der Waals surface area contributed by atoms with Crippen molar-refractivity contribution in [2.45, 2.75) is 26.3 Å². The Morgan fingerprint density at radius 3 is 2.65 bits per heavy atom. The minimum Gasteiger partial charge on any atom is -0.306 e. The Morgan fingerprint density at radius 1 is 1.20 bits per heavy atom. The Kier molecular flexibility index (Phi) is 5.16. The van der Waals surface area contributed by atoms with Gasteiger partial charge in [0.15, 0.2) is 0 Å². The van der Waals surface area contributed by atoms with E-state index in [1.54, 1.807) is 6.07 Å². The highest BCUT2D eigenvalue weighted by molar-refractivity contribution is 6.30. The largest absolute Gasteiger partial charge is 0.306 e. The van der Waals surface area contributed by atoms with E-state index >= 15 is 0 Å². The molecule has 1 atom stereocenters. The van der Waals surface area contributed by atoms with Gasteiger partial charge in [-0.3, -0.25) is 0 Å². The molecule has 3 heteroatoms. The van der Waals surface area contributed by atoms with Crippen LogP contribution in [0.4, 0.5) is 4.39 Å². The van der Waals surface area contributed by atoms with Crippen LogP contribution in [0.2, 0.25) is 5.02 Å². The maximum atomic E-state index is 14.2. The van der Waals surface area contributed by atoms with Crippen LogP contribution in [0.3, 0.4) is 0 Å². The smallest absolute Gasteiger partial charge is 0.128 e. The molecule has 0 spiro atoms. The number of halogens is 2. The summed E-state index contributed by atoms with van der Waals surface area (Å²) >= 11 is 6.05. The van der Waals surface area contributed by atoms with Crippen molar-refractivity contribution in [3.05, 3.63) is 70.0 Å². The first-order valence-corrected chi connectivity index (χ1v) is 7.24. The summed E-state index contributed by atoms with van der Waals surface area (Å²) in [5.74, 6) is -0.182. The second kappa shape index (κ2) is 6.87. The van der Waals surface area contributed by atoms with Crippen molar-refractivity contribution >= 4 is 11.6 Å². The van der Waals surface area contributed by atoms with E-state index in [0.29, 0.717) is 10.6 Å². The number of aryl methyl sites for hydroxylation is 1. The van der Waals surface area contributed by atoms with Gasteiger partial charge in [-0.15, -0.1) is 0 Å². The van der Waals surface area contributed by atoms with Gasteiger partial charge in [0.2, 0.25) is 0 Å². The molecule has 0 aliphatic heterocycles. The Labute approximate surface area is 124 Å². The molecule has 0 saturated heterocycles. The summed E-state index contributed by atoms with van der Waals surface area (Å²) < 4.78 is 14.2. The molecule has 0 aliphatic carbocycles. The van der Waals surface area contributed by atoms with Crippen molar-refractivity contribution in [1.29, 1.82) is 0 Å². The molecule has 1 N–H and O–H groups in total. The maximum absolute atomic E-state index is 14.2. The molecular formula is C17H19ClFN. The fourth-order valence-electron chi connectivity index (χ4n) is 2.25. The van der Waals surface area contributed by atoms with Crippen molar-refractivity contribution in [2.75, 3.05) is 6.54 Å². The lowest BCUT2D eigenvalue weighted by Gasteiger charge is -2.20. The van der Waals surface area contributed by atoms with Gasteiger partial charge in [-0.1, -0.05) is 42.8 Å². The lowest BCUT2D eigenvalue weighted by Crippen LogP contribution is -2.24. The van der Waals surface area contributed by atoms with E-state index in [9.17, 15) is 4.39 Å². The first kappa shape index (κ1) is 15.0. The first-order chi connectivity index (χ1) is 9.61. The lowest BCUT2D eigenvalue weighted by atomic mass is 9.97. The summed E-state index contributed by atoms with van der Waals surface area (Å²) in [7, 11) is 0. The summed E-state index contributed by atoms with van der Waals surface area (Å²) in [5, 5.41) is 4.06. The third-order valence-corrected chi connectivity index (χ3v) is 3.48. The molecule has 0 heterocycles. The van der Waals surface area contributed by atoms with E-state index in [1.807, 2.05) is 43.3 Å². The van der Waals surface area contributed by atoms with Crippen LogP contribution in [-0.4, -0.2) is 6.54 Å². The maximum Gasteiger partial charge on any atom is 0.128 e. The molecule has 0 aromatic heterocycles. The van der Waals surface area contributed by atoms with Crippen molar-refractivity contribution < 1.29 is 4.39 Å². The fraction of sp³-hybridized carbons (Fsp3) is 0.294. The predicted octanol–water partition coefficient (Wildman–Crippen LogP) is 4.88. The quantitative estimate of drug-likeness (QED) is 0.828. The van der Waals surface area contributed by atoms with Crippen molar-refractivity contribution in [3.8, 4) is 0 Å². The molecule has 20 heavy (non-hydrogen) atoms. The van der Waals surface area contributed by atoms with Crippen LogP contribution in [-0.2, 0) is 0 Å². The highest BCUT2D eigenvalue weighted by Gasteiger charge is 2.17. The van der Waals surface area contributed by atoms with E-state index in [4.69, 9.17) is 11.6 Å². The normalized spacial score (nSPS) is 12.4. The van der Waals surface area contributed by atoms with Crippen LogP contribution < -0.4 is 5.32 Å². The summed E-state index contributed by atoms with van der Waals surface area (Å²) in [5.41, 5.74) is 2.56. The third-order valence-electron chi connectivity index (χ3n) is 3.25. The average molecular weight is 292 g/mol. The van der Waals surface area contributed by atoms with E-state index in [2.05, 4.69) is 12.2 Å². The van der Waals surface area contributed by atoms with Gasteiger partial charge in [0.05, 0.1) is 6.04 Å². The standard InChI is InChI=1S/C17H19ClFN/c1-3-9-20-17(13-5-4-6-14(18)11-13)15-8-7-12(2)10-16(15)19/h4-8,10-11,17,20H,3,9H2,1-2H3. The lowest BCUT2D eigenvalue weighted by molar-refractivity contribution is 0.546.